The summed E-state index contributed by atoms with van der Waals surface area (Å²) in [4.78, 5) is 3.94. The normalized spacial score (nSPS) is 10.9. The third-order valence-electron chi connectivity index (χ3n) is 2.04. The number of nitrogens with zero attached hydrogens (tertiary/aromatic N) is 3. The Kier molecular flexibility index (Phi) is 3.34. The average Bonchev–Trinajstić information content (AvgIpc) is 2.33. The Morgan fingerprint density at radius 2 is 1.71 bits per heavy atom. The topological polar surface area (TPSA) is 89.6 Å². The van der Waals surface area contributed by atoms with Crippen molar-refractivity contribution < 1.29 is 0 Å². The van der Waals surface area contributed by atoms with E-state index in [4.69, 9.17) is 11.5 Å². The van der Waals surface area contributed by atoms with Gasteiger partial charge in [-0.2, -0.15) is 5.11 Å². The highest BCUT2D eigenvalue weighted by Gasteiger charge is 2.04. The molecule has 0 fully saturated rings. The Bertz CT molecular complexity index is 553. The van der Waals surface area contributed by atoms with Crippen molar-refractivity contribution in [1.29, 1.82) is 0 Å². The first kappa shape index (κ1) is 11.5. The van der Waals surface area contributed by atoms with Crippen LogP contribution in [0.4, 0.5) is 23.0 Å². The standard InChI is InChI=1S/C11H10BrN5/c12-8-6-9(11(14)15-10(8)13)17-16-7-4-2-1-3-5-7/h1-6H,(H4,13,14,15). The van der Waals surface area contributed by atoms with Crippen LogP contribution in [0.3, 0.4) is 0 Å². The lowest BCUT2D eigenvalue weighted by atomic mass is 10.3. The number of hydrogen-bond donors (Lipinski definition) is 2. The molecule has 2 aromatic rings. The Morgan fingerprint density at radius 1 is 1.00 bits per heavy atom. The number of aromatic nitrogens is 1. The summed E-state index contributed by atoms with van der Waals surface area (Å²) in [6, 6.07) is 11.1. The minimum Gasteiger partial charge on any atom is -0.383 e. The summed E-state index contributed by atoms with van der Waals surface area (Å²) in [6.07, 6.45) is 0. The molecule has 0 aliphatic carbocycles. The molecule has 1 heterocycles. The molecule has 1 aromatic carbocycles. The molecule has 0 unspecified atom stereocenters. The van der Waals surface area contributed by atoms with E-state index in [1.807, 2.05) is 30.3 Å². The maximum atomic E-state index is 5.69. The number of azo groups is 1. The van der Waals surface area contributed by atoms with Crippen LogP contribution in [0, 0.1) is 0 Å². The highest BCUT2D eigenvalue weighted by Crippen LogP contribution is 2.29. The van der Waals surface area contributed by atoms with E-state index < -0.39 is 0 Å². The fraction of sp³-hybridized carbons (Fsp3) is 0. The first-order valence-corrected chi connectivity index (χ1v) is 5.64. The van der Waals surface area contributed by atoms with Crippen molar-refractivity contribution in [3.8, 4) is 0 Å². The Morgan fingerprint density at radius 3 is 2.41 bits per heavy atom. The summed E-state index contributed by atoms with van der Waals surface area (Å²) < 4.78 is 0.647. The van der Waals surface area contributed by atoms with Crippen molar-refractivity contribution in [3.05, 3.63) is 40.9 Å². The summed E-state index contributed by atoms with van der Waals surface area (Å²) in [6.45, 7) is 0. The zero-order valence-corrected chi connectivity index (χ0v) is 10.4. The third-order valence-corrected chi connectivity index (χ3v) is 2.68. The molecule has 0 saturated carbocycles. The van der Waals surface area contributed by atoms with E-state index in [0.717, 1.165) is 5.69 Å². The van der Waals surface area contributed by atoms with Gasteiger partial charge < -0.3 is 11.5 Å². The van der Waals surface area contributed by atoms with E-state index >= 15 is 0 Å². The molecule has 0 spiro atoms. The van der Waals surface area contributed by atoms with Gasteiger partial charge >= 0.3 is 0 Å². The SMILES string of the molecule is Nc1nc(N)c(N=Nc2ccccc2)cc1Br. The van der Waals surface area contributed by atoms with Gasteiger partial charge in [-0.25, -0.2) is 4.98 Å². The van der Waals surface area contributed by atoms with Gasteiger partial charge in [0.05, 0.1) is 10.2 Å². The predicted molar refractivity (Wildman–Crippen MR) is 71.4 cm³/mol. The zero-order chi connectivity index (χ0) is 12.3. The van der Waals surface area contributed by atoms with Crippen LogP contribution >= 0.6 is 15.9 Å². The second-order valence-electron chi connectivity index (χ2n) is 3.30. The Balaban J connectivity index is 2.31. The molecule has 0 saturated heterocycles. The molecule has 5 nitrogen and oxygen atoms in total. The number of nitrogens with two attached hydrogens (primary N) is 2. The summed E-state index contributed by atoms with van der Waals surface area (Å²) >= 11 is 3.26. The number of halogens is 1. The smallest absolute Gasteiger partial charge is 0.153 e. The molecule has 0 radical (unpaired) electrons. The minimum absolute atomic E-state index is 0.255. The zero-order valence-electron chi connectivity index (χ0n) is 8.84. The van der Waals surface area contributed by atoms with Crippen LogP contribution in [0.25, 0.3) is 0 Å². The minimum atomic E-state index is 0.255. The molecule has 86 valence electrons. The van der Waals surface area contributed by atoms with E-state index in [9.17, 15) is 0 Å². The number of pyridine rings is 1. The van der Waals surface area contributed by atoms with Crippen molar-refractivity contribution in [2.75, 3.05) is 11.5 Å². The van der Waals surface area contributed by atoms with Crippen molar-refractivity contribution in [2.45, 2.75) is 0 Å². The van der Waals surface area contributed by atoms with Gasteiger partial charge in [-0.3, -0.25) is 0 Å². The van der Waals surface area contributed by atoms with Gasteiger partial charge in [-0.1, -0.05) is 18.2 Å². The lowest BCUT2D eigenvalue weighted by molar-refractivity contribution is 1.20. The summed E-state index contributed by atoms with van der Waals surface area (Å²) in [5.41, 5.74) is 12.5. The van der Waals surface area contributed by atoms with Crippen molar-refractivity contribution in [3.63, 3.8) is 0 Å². The lowest BCUT2D eigenvalue weighted by Gasteiger charge is -2.01. The van der Waals surface area contributed by atoms with E-state index in [0.29, 0.717) is 16.0 Å². The van der Waals surface area contributed by atoms with Gasteiger partial charge in [-0.15, -0.1) is 5.11 Å². The number of nitrogen functional groups attached to an aromatic ring is 2. The Labute approximate surface area is 107 Å². The molecule has 6 heteroatoms. The maximum Gasteiger partial charge on any atom is 0.153 e. The molecule has 1 aromatic heterocycles. The second-order valence-corrected chi connectivity index (χ2v) is 4.15. The molecule has 0 bridgehead atoms. The Hall–Kier alpha value is -1.95. The quantitative estimate of drug-likeness (QED) is 0.831. The van der Waals surface area contributed by atoms with Crippen LogP contribution in [0.2, 0.25) is 0 Å². The summed E-state index contributed by atoms with van der Waals surface area (Å²) in [5, 5.41) is 8.08. The van der Waals surface area contributed by atoms with Gasteiger partial charge in [-0.05, 0) is 34.1 Å². The summed E-state index contributed by atoms with van der Waals surface area (Å²) in [5.74, 6) is 0.589. The monoisotopic (exact) mass is 291 g/mol. The van der Waals surface area contributed by atoms with E-state index in [-0.39, 0.29) is 5.82 Å². The van der Waals surface area contributed by atoms with Crippen molar-refractivity contribution in [2.24, 2.45) is 10.2 Å². The molecule has 0 atom stereocenters. The first-order valence-electron chi connectivity index (χ1n) is 4.85. The number of anilines is 2. The molecular formula is C11H10BrN5. The summed E-state index contributed by atoms with van der Waals surface area (Å²) in [7, 11) is 0. The molecule has 2 rings (SSSR count). The molecule has 17 heavy (non-hydrogen) atoms. The average molecular weight is 292 g/mol. The largest absolute Gasteiger partial charge is 0.383 e. The van der Waals surface area contributed by atoms with Gasteiger partial charge in [0.1, 0.15) is 11.5 Å². The van der Waals surface area contributed by atoms with Crippen LogP contribution in [-0.4, -0.2) is 4.98 Å². The second kappa shape index (κ2) is 4.92. The van der Waals surface area contributed by atoms with E-state index in [1.165, 1.54) is 0 Å². The highest BCUT2D eigenvalue weighted by molar-refractivity contribution is 9.10. The van der Waals surface area contributed by atoms with Crippen LogP contribution in [0.5, 0.6) is 0 Å². The van der Waals surface area contributed by atoms with Gasteiger partial charge in [0, 0.05) is 0 Å². The van der Waals surface area contributed by atoms with E-state index in [1.54, 1.807) is 6.07 Å². The molecule has 0 amide bonds. The predicted octanol–water partition coefficient (Wildman–Crippen LogP) is 3.42. The van der Waals surface area contributed by atoms with Crippen LogP contribution in [0.15, 0.2) is 51.1 Å². The van der Waals surface area contributed by atoms with Gasteiger partial charge in [0.15, 0.2) is 5.82 Å². The lowest BCUT2D eigenvalue weighted by Crippen LogP contribution is -1.96. The number of hydrogen-bond acceptors (Lipinski definition) is 5. The maximum absolute atomic E-state index is 5.69. The van der Waals surface area contributed by atoms with Crippen molar-refractivity contribution >= 4 is 38.9 Å². The fourth-order valence-electron chi connectivity index (χ4n) is 1.19. The molecule has 0 aliphatic rings. The fourth-order valence-corrected chi connectivity index (χ4v) is 1.50. The van der Waals surface area contributed by atoms with Crippen LogP contribution in [0.1, 0.15) is 0 Å². The van der Waals surface area contributed by atoms with Crippen LogP contribution in [-0.2, 0) is 0 Å². The first-order chi connectivity index (χ1) is 8.16. The molecule has 0 aliphatic heterocycles. The van der Waals surface area contributed by atoms with Gasteiger partial charge in [0.25, 0.3) is 0 Å². The van der Waals surface area contributed by atoms with Crippen molar-refractivity contribution in [1.82, 2.24) is 4.98 Å². The van der Waals surface area contributed by atoms with E-state index in [2.05, 4.69) is 31.1 Å². The van der Waals surface area contributed by atoms with Crippen LogP contribution < -0.4 is 11.5 Å². The van der Waals surface area contributed by atoms with Gasteiger partial charge in [0.2, 0.25) is 0 Å². The number of rotatable bonds is 2. The molecule has 4 N–H and O–H groups in total. The number of benzene rings is 1. The highest BCUT2D eigenvalue weighted by atomic mass is 79.9. The molecular weight excluding hydrogens is 282 g/mol. The third kappa shape index (κ3) is 2.79.